The zero-order valence-electron chi connectivity index (χ0n) is 9.11. The quantitative estimate of drug-likeness (QED) is 0.390. The van der Waals surface area contributed by atoms with E-state index in [4.69, 9.17) is 5.11 Å². The third-order valence-corrected chi connectivity index (χ3v) is 3.12. The monoisotopic (exact) mass is 281 g/mol. The van der Waals surface area contributed by atoms with E-state index in [1.54, 1.807) is 0 Å². The van der Waals surface area contributed by atoms with Gasteiger partial charge in [0.05, 0.1) is 4.92 Å². The van der Waals surface area contributed by atoms with Crippen molar-refractivity contribution in [3.05, 3.63) is 33.9 Å². The van der Waals surface area contributed by atoms with E-state index < -0.39 is 22.4 Å². The van der Waals surface area contributed by atoms with Crippen LogP contribution in [0.1, 0.15) is 12.0 Å². The number of hydrogen-bond donors (Lipinski definition) is 1. The first-order valence-corrected chi connectivity index (χ1v) is 5.94. The van der Waals surface area contributed by atoms with Crippen LogP contribution in [-0.4, -0.2) is 22.4 Å². The van der Waals surface area contributed by atoms with E-state index in [0.717, 1.165) is 23.9 Å². The predicted molar refractivity (Wildman–Crippen MR) is 60.5 cm³/mol. The molecule has 0 aliphatic heterocycles. The highest BCUT2D eigenvalue weighted by molar-refractivity contribution is 7.99. The lowest BCUT2D eigenvalue weighted by Gasteiger charge is -2.09. The summed E-state index contributed by atoms with van der Waals surface area (Å²) in [5.74, 6) is 0.450. The standard InChI is InChI=1S/C10H10F3NO3S/c11-10(12,13)8-6-7(18-5-1-4-15)2-3-9(8)14(16)17/h2-3,6,15H,1,4-5H2. The Labute approximate surface area is 105 Å². The molecule has 0 fully saturated rings. The summed E-state index contributed by atoms with van der Waals surface area (Å²) in [5, 5.41) is 19.1. The number of thioether (sulfide) groups is 1. The lowest BCUT2D eigenvalue weighted by molar-refractivity contribution is -0.388. The van der Waals surface area contributed by atoms with Gasteiger partial charge in [-0.2, -0.15) is 13.2 Å². The first kappa shape index (κ1) is 14.8. The molecule has 0 radical (unpaired) electrons. The normalized spacial score (nSPS) is 11.6. The van der Waals surface area contributed by atoms with E-state index in [-0.39, 0.29) is 6.61 Å². The molecule has 0 aliphatic rings. The Morgan fingerprint density at radius 1 is 1.39 bits per heavy atom. The molecule has 0 unspecified atom stereocenters. The molecule has 0 saturated carbocycles. The third-order valence-electron chi connectivity index (χ3n) is 2.04. The van der Waals surface area contributed by atoms with Gasteiger partial charge < -0.3 is 5.11 Å². The molecular weight excluding hydrogens is 271 g/mol. The molecule has 18 heavy (non-hydrogen) atoms. The smallest absolute Gasteiger partial charge is 0.396 e. The number of benzene rings is 1. The molecule has 0 aliphatic carbocycles. The first-order chi connectivity index (χ1) is 8.36. The van der Waals surface area contributed by atoms with Crippen LogP contribution in [0.4, 0.5) is 18.9 Å². The Hall–Kier alpha value is -1.28. The number of alkyl halides is 3. The average Bonchev–Trinajstić information content (AvgIpc) is 2.28. The molecule has 4 nitrogen and oxygen atoms in total. The predicted octanol–water partition coefficient (Wildman–Crippen LogP) is 3.09. The summed E-state index contributed by atoms with van der Waals surface area (Å²) < 4.78 is 37.9. The highest BCUT2D eigenvalue weighted by atomic mass is 32.2. The molecular formula is C10H10F3NO3S. The van der Waals surface area contributed by atoms with Gasteiger partial charge in [0, 0.05) is 23.3 Å². The van der Waals surface area contributed by atoms with E-state index in [9.17, 15) is 23.3 Å². The zero-order chi connectivity index (χ0) is 13.8. The number of halogens is 3. The van der Waals surface area contributed by atoms with Gasteiger partial charge in [0.15, 0.2) is 0 Å². The Morgan fingerprint density at radius 3 is 2.56 bits per heavy atom. The van der Waals surface area contributed by atoms with Crippen molar-refractivity contribution in [3.63, 3.8) is 0 Å². The summed E-state index contributed by atoms with van der Waals surface area (Å²) >= 11 is 1.11. The summed E-state index contributed by atoms with van der Waals surface area (Å²) in [6, 6.07) is 2.89. The summed E-state index contributed by atoms with van der Waals surface area (Å²) in [4.78, 5) is 9.75. The molecule has 1 aromatic rings. The minimum Gasteiger partial charge on any atom is -0.396 e. The number of nitro groups is 1. The Kier molecular flexibility index (Phi) is 4.97. The summed E-state index contributed by atoms with van der Waals surface area (Å²) in [7, 11) is 0. The van der Waals surface area contributed by atoms with Gasteiger partial charge in [-0.1, -0.05) is 0 Å². The largest absolute Gasteiger partial charge is 0.423 e. The van der Waals surface area contributed by atoms with Crippen LogP contribution in [0.2, 0.25) is 0 Å². The summed E-state index contributed by atoms with van der Waals surface area (Å²) in [6.07, 6.45) is -4.31. The SMILES string of the molecule is O=[N+]([O-])c1ccc(SCCCO)cc1C(F)(F)F. The van der Waals surface area contributed by atoms with Crippen molar-refractivity contribution in [1.29, 1.82) is 0 Å². The third kappa shape index (κ3) is 3.88. The first-order valence-electron chi connectivity index (χ1n) is 4.95. The average molecular weight is 281 g/mol. The molecule has 1 aromatic carbocycles. The van der Waals surface area contributed by atoms with Crippen LogP contribution in [-0.2, 0) is 6.18 Å². The molecule has 0 spiro atoms. The molecule has 100 valence electrons. The number of nitro benzene ring substituents is 1. The highest BCUT2D eigenvalue weighted by Gasteiger charge is 2.38. The second-order valence-electron chi connectivity index (χ2n) is 3.36. The van der Waals surface area contributed by atoms with Crippen LogP contribution in [0.3, 0.4) is 0 Å². The highest BCUT2D eigenvalue weighted by Crippen LogP contribution is 2.38. The van der Waals surface area contributed by atoms with Crippen LogP contribution < -0.4 is 0 Å². The molecule has 0 amide bonds. The summed E-state index contributed by atoms with van der Waals surface area (Å²) in [6.45, 7) is -0.0495. The maximum absolute atomic E-state index is 12.6. The van der Waals surface area contributed by atoms with Crippen LogP contribution in [0.15, 0.2) is 23.1 Å². The fraction of sp³-hybridized carbons (Fsp3) is 0.400. The van der Waals surface area contributed by atoms with Crippen molar-refractivity contribution < 1.29 is 23.2 Å². The molecule has 1 N–H and O–H groups in total. The molecule has 8 heteroatoms. The maximum Gasteiger partial charge on any atom is 0.423 e. The van der Waals surface area contributed by atoms with Crippen molar-refractivity contribution >= 4 is 17.4 Å². The van der Waals surface area contributed by atoms with E-state index in [2.05, 4.69) is 0 Å². The van der Waals surface area contributed by atoms with Gasteiger partial charge in [-0.25, -0.2) is 0 Å². The number of rotatable bonds is 5. The van der Waals surface area contributed by atoms with E-state index in [1.807, 2.05) is 0 Å². The van der Waals surface area contributed by atoms with Crippen molar-refractivity contribution in [1.82, 2.24) is 0 Å². The minimum absolute atomic E-state index is 0.0495. The van der Waals surface area contributed by atoms with Gasteiger partial charge in [-0.05, 0) is 18.6 Å². The fourth-order valence-electron chi connectivity index (χ4n) is 1.25. The second-order valence-corrected chi connectivity index (χ2v) is 4.53. The number of hydrogen-bond acceptors (Lipinski definition) is 4. The Morgan fingerprint density at radius 2 is 2.06 bits per heavy atom. The van der Waals surface area contributed by atoms with Gasteiger partial charge in [0.2, 0.25) is 0 Å². The van der Waals surface area contributed by atoms with Crippen LogP contribution in [0.25, 0.3) is 0 Å². The van der Waals surface area contributed by atoms with Gasteiger partial charge in [-0.15, -0.1) is 11.8 Å². The molecule has 0 saturated heterocycles. The van der Waals surface area contributed by atoms with Crippen molar-refractivity contribution in [2.24, 2.45) is 0 Å². The number of aliphatic hydroxyl groups is 1. The van der Waals surface area contributed by atoms with E-state index in [0.29, 0.717) is 17.1 Å². The lowest BCUT2D eigenvalue weighted by Crippen LogP contribution is -2.09. The van der Waals surface area contributed by atoms with Crippen molar-refractivity contribution in [2.45, 2.75) is 17.5 Å². The van der Waals surface area contributed by atoms with Gasteiger partial charge in [0.1, 0.15) is 5.56 Å². The zero-order valence-corrected chi connectivity index (χ0v) is 9.92. The van der Waals surface area contributed by atoms with Crippen LogP contribution in [0.5, 0.6) is 0 Å². The molecule has 0 heterocycles. The fourth-order valence-corrected chi connectivity index (χ4v) is 2.12. The Bertz CT molecular complexity index is 437. The van der Waals surface area contributed by atoms with Crippen molar-refractivity contribution in [2.75, 3.05) is 12.4 Å². The summed E-state index contributed by atoms with van der Waals surface area (Å²) in [5.41, 5.74) is -2.20. The van der Waals surface area contributed by atoms with Crippen LogP contribution in [0, 0.1) is 10.1 Å². The lowest BCUT2D eigenvalue weighted by atomic mass is 10.2. The topological polar surface area (TPSA) is 63.4 Å². The van der Waals surface area contributed by atoms with Gasteiger partial charge >= 0.3 is 6.18 Å². The van der Waals surface area contributed by atoms with Crippen LogP contribution >= 0.6 is 11.8 Å². The number of aliphatic hydroxyl groups excluding tert-OH is 1. The molecule has 0 atom stereocenters. The number of nitrogens with zero attached hydrogens (tertiary/aromatic N) is 1. The molecule has 1 rings (SSSR count). The van der Waals surface area contributed by atoms with Crippen molar-refractivity contribution in [3.8, 4) is 0 Å². The molecule has 0 aromatic heterocycles. The Balaban J connectivity index is 3.02. The van der Waals surface area contributed by atoms with Gasteiger partial charge in [0.25, 0.3) is 5.69 Å². The second kappa shape index (κ2) is 6.05. The maximum atomic E-state index is 12.6. The van der Waals surface area contributed by atoms with E-state index in [1.165, 1.54) is 6.07 Å². The van der Waals surface area contributed by atoms with E-state index >= 15 is 0 Å². The van der Waals surface area contributed by atoms with Gasteiger partial charge in [-0.3, -0.25) is 10.1 Å². The molecule has 0 bridgehead atoms. The minimum atomic E-state index is -4.75.